The van der Waals surface area contributed by atoms with Crippen molar-refractivity contribution in [2.45, 2.75) is 58.5 Å². The van der Waals surface area contributed by atoms with E-state index in [-0.39, 0.29) is 17.9 Å². The van der Waals surface area contributed by atoms with Crippen molar-refractivity contribution in [1.82, 2.24) is 25.7 Å². The lowest BCUT2D eigenvalue weighted by Crippen LogP contribution is -2.56. The lowest BCUT2D eigenvalue weighted by atomic mass is 9.79. The van der Waals surface area contributed by atoms with Gasteiger partial charge in [0.1, 0.15) is 5.54 Å². The molecule has 3 heterocycles. The lowest BCUT2D eigenvalue weighted by molar-refractivity contribution is -0.126. The number of nitrogens with zero attached hydrogens (tertiary/aromatic N) is 3. The minimum Gasteiger partial charge on any atom is -0.424 e. The summed E-state index contributed by atoms with van der Waals surface area (Å²) in [4.78, 5) is 26.0. The second-order valence-electron chi connectivity index (χ2n) is 7.75. The fourth-order valence-electron chi connectivity index (χ4n) is 3.70. The Morgan fingerprint density at radius 3 is 2.72 bits per heavy atom. The van der Waals surface area contributed by atoms with E-state index in [9.17, 15) is 9.59 Å². The third-order valence-electron chi connectivity index (χ3n) is 5.31. The molecule has 2 N–H and O–H groups in total. The van der Waals surface area contributed by atoms with Gasteiger partial charge in [0.2, 0.25) is 11.8 Å². The molecular weight excluding hydrogens is 322 g/mol. The van der Waals surface area contributed by atoms with Crippen LogP contribution >= 0.6 is 0 Å². The van der Waals surface area contributed by atoms with Crippen molar-refractivity contribution >= 4 is 11.9 Å². The number of hydrogen-bond acceptors (Lipinski definition) is 6. The van der Waals surface area contributed by atoms with Crippen molar-refractivity contribution in [2.75, 3.05) is 13.1 Å². The Kier molecular flexibility index (Phi) is 4.81. The Hall–Kier alpha value is -1.96. The van der Waals surface area contributed by atoms with Crippen molar-refractivity contribution in [1.29, 1.82) is 0 Å². The number of nitrogens with one attached hydrogen (secondary N) is 2. The fourth-order valence-corrected chi connectivity index (χ4v) is 3.70. The number of hydrogen-bond donors (Lipinski definition) is 2. The number of likely N-dealkylation sites (tertiary alicyclic amines) is 1. The van der Waals surface area contributed by atoms with Crippen LogP contribution in [0.15, 0.2) is 4.42 Å². The zero-order chi connectivity index (χ0) is 18.2. The van der Waals surface area contributed by atoms with E-state index in [4.69, 9.17) is 4.42 Å². The molecule has 3 atom stereocenters. The smallest absolute Gasteiger partial charge is 0.322 e. The molecule has 0 radical (unpaired) electrons. The Labute approximate surface area is 147 Å². The van der Waals surface area contributed by atoms with Gasteiger partial charge >= 0.3 is 6.03 Å². The lowest BCUT2D eigenvalue weighted by Gasteiger charge is -2.41. The minimum atomic E-state index is -0.854. The van der Waals surface area contributed by atoms with Crippen LogP contribution in [0.2, 0.25) is 0 Å². The van der Waals surface area contributed by atoms with E-state index in [1.165, 1.54) is 0 Å². The minimum absolute atomic E-state index is 0.0139. The first-order chi connectivity index (χ1) is 11.8. The molecular formula is C17H27N5O3. The van der Waals surface area contributed by atoms with Crippen LogP contribution in [-0.2, 0) is 11.2 Å². The second-order valence-corrected chi connectivity index (χ2v) is 7.75. The molecule has 25 heavy (non-hydrogen) atoms. The van der Waals surface area contributed by atoms with Crippen molar-refractivity contribution in [3.05, 3.63) is 11.8 Å². The van der Waals surface area contributed by atoms with Gasteiger partial charge in [0.05, 0.1) is 6.04 Å². The van der Waals surface area contributed by atoms with E-state index >= 15 is 0 Å². The van der Waals surface area contributed by atoms with Gasteiger partial charge in [0.25, 0.3) is 5.91 Å². The molecule has 8 nitrogen and oxygen atoms in total. The highest BCUT2D eigenvalue weighted by atomic mass is 16.4. The topological polar surface area (TPSA) is 100 Å². The molecule has 138 valence electrons. The van der Waals surface area contributed by atoms with Gasteiger partial charge in [-0.05, 0) is 39.2 Å². The molecule has 1 aromatic heterocycles. The molecule has 1 aromatic rings. The summed E-state index contributed by atoms with van der Waals surface area (Å²) in [5.74, 6) is 1.55. The summed E-state index contributed by atoms with van der Waals surface area (Å²) in [5, 5.41) is 13.5. The molecule has 2 aliphatic heterocycles. The molecule has 3 amide bonds. The van der Waals surface area contributed by atoms with E-state index in [0.29, 0.717) is 24.2 Å². The highest BCUT2D eigenvalue weighted by Crippen LogP contribution is 2.33. The maximum atomic E-state index is 12.2. The van der Waals surface area contributed by atoms with E-state index in [1.54, 1.807) is 6.92 Å². The van der Waals surface area contributed by atoms with Crippen molar-refractivity contribution in [3.63, 3.8) is 0 Å². The van der Waals surface area contributed by atoms with E-state index in [1.807, 2.05) is 6.92 Å². The van der Waals surface area contributed by atoms with Crippen LogP contribution in [0, 0.1) is 11.8 Å². The summed E-state index contributed by atoms with van der Waals surface area (Å²) in [6.45, 7) is 9.69. The third-order valence-corrected chi connectivity index (χ3v) is 5.31. The van der Waals surface area contributed by atoms with Gasteiger partial charge in [-0.25, -0.2) is 4.79 Å². The maximum absolute atomic E-state index is 12.2. The molecule has 0 spiro atoms. The maximum Gasteiger partial charge on any atom is 0.322 e. The molecule has 8 heteroatoms. The zero-order valence-electron chi connectivity index (χ0n) is 15.3. The molecule has 2 fully saturated rings. The molecule has 0 aromatic carbocycles. The van der Waals surface area contributed by atoms with Crippen molar-refractivity contribution in [2.24, 2.45) is 11.8 Å². The molecule has 0 bridgehead atoms. The van der Waals surface area contributed by atoms with E-state index in [0.717, 1.165) is 25.8 Å². The summed E-state index contributed by atoms with van der Waals surface area (Å²) < 4.78 is 5.82. The zero-order valence-corrected chi connectivity index (χ0v) is 15.3. The molecule has 2 saturated heterocycles. The number of amides is 3. The average molecular weight is 349 g/mol. The summed E-state index contributed by atoms with van der Waals surface area (Å²) in [6.07, 6.45) is 2.63. The highest BCUT2D eigenvalue weighted by molar-refractivity contribution is 6.06. The molecule has 0 aliphatic carbocycles. The van der Waals surface area contributed by atoms with Gasteiger partial charge in [-0.1, -0.05) is 13.8 Å². The van der Waals surface area contributed by atoms with Gasteiger partial charge in [-0.2, -0.15) is 0 Å². The monoisotopic (exact) mass is 349 g/mol. The number of urea groups is 1. The summed E-state index contributed by atoms with van der Waals surface area (Å²) >= 11 is 0. The Balaban J connectivity index is 1.69. The Morgan fingerprint density at radius 2 is 2.08 bits per heavy atom. The number of imide groups is 1. The SMILES string of the molecule is CC(C)Cc1nnc([C@H](C)N2CCC[C@H]([C@]3(C)NC(=O)NC3=O)C2)o1. The summed E-state index contributed by atoms with van der Waals surface area (Å²) in [5.41, 5.74) is -0.854. The first-order valence-electron chi connectivity index (χ1n) is 8.99. The summed E-state index contributed by atoms with van der Waals surface area (Å²) in [7, 11) is 0. The van der Waals surface area contributed by atoms with Gasteiger partial charge < -0.3 is 9.73 Å². The van der Waals surface area contributed by atoms with Crippen LogP contribution in [0.4, 0.5) is 4.79 Å². The van der Waals surface area contributed by atoms with Gasteiger partial charge in [-0.3, -0.25) is 15.0 Å². The Bertz CT molecular complexity index is 658. The van der Waals surface area contributed by atoms with Crippen LogP contribution in [0.3, 0.4) is 0 Å². The predicted molar refractivity (Wildman–Crippen MR) is 90.6 cm³/mol. The van der Waals surface area contributed by atoms with Gasteiger partial charge in [0, 0.05) is 18.9 Å². The normalized spacial score (nSPS) is 28.9. The van der Waals surface area contributed by atoms with Gasteiger partial charge in [-0.15, -0.1) is 10.2 Å². The van der Waals surface area contributed by atoms with E-state index < -0.39 is 11.6 Å². The largest absolute Gasteiger partial charge is 0.424 e. The van der Waals surface area contributed by atoms with Crippen molar-refractivity contribution in [3.8, 4) is 0 Å². The molecule has 0 saturated carbocycles. The standard InChI is InChI=1S/C17H27N5O3/c1-10(2)8-13-20-21-14(25-13)11(3)22-7-5-6-12(9-22)17(4)15(23)18-16(24)19-17/h10-12H,5-9H2,1-4H3,(H2,18,19,23,24)/t11-,12-,17-/m0/s1. The van der Waals surface area contributed by atoms with Crippen LogP contribution < -0.4 is 10.6 Å². The number of rotatable bonds is 5. The molecule has 2 aliphatic rings. The first kappa shape index (κ1) is 17.8. The average Bonchev–Trinajstić information content (AvgIpc) is 3.11. The van der Waals surface area contributed by atoms with Crippen LogP contribution in [0.5, 0.6) is 0 Å². The number of aromatic nitrogens is 2. The summed E-state index contributed by atoms with van der Waals surface area (Å²) in [6, 6.07) is -0.423. The fraction of sp³-hybridized carbons (Fsp3) is 0.765. The predicted octanol–water partition coefficient (Wildman–Crippen LogP) is 1.64. The van der Waals surface area contributed by atoms with Gasteiger partial charge in [0.15, 0.2) is 0 Å². The van der Waals surface area contributed by atoms with Crippen LogP contribution in [0.25, 0.3) is 0 Å². The number of piperidine rings is 1. The van der Waals surface area contributed by atoms with Crippen molar-refractivity contribution < 1.29 is 14.0 Å². The molecule has 3 rings (SSSR count). The number of carbonyl (C=O) groups is 2. The first-order valence-corrected chi connectivity index (χ1v) is 8.99. The molecule has 0 unspecified atom stereocenters. The van der Waals surface area contributed by atoms with E-state index in [2.05, 4.69) is 39.6 Å². The quantitative estimate of drug-likeness (QED) is 0.784. The second kappa shape index (κ2) is 6.74. The van der Waals surface area contributed by atoms with Crippen LogP contribution in [-0.4, -0.2) is 45.7 Å². The van der Waals surface area contributed by atoms with Crippen LogP contribution in [0.1, 0.15) is 58.4 Å². The third kappa shape index (κ3) is 3.53. The Morgan fingerprint density at radius 1 is 1.32 bits per heavy atom. The number of carbonyl (C=O) groups excluding carboxylic acids is 2. The highest BCUT2D eigenvalue weighted by Gasteiger charge is 2.49.